The Kier molecular flexibility index (Phi) is 2.87. The van der Waals surface area contributed by atoms with Gasteiger partial charge in [-0.25, -0.2) is 4.98 Å². The van der Waals surface area contributed by atoms with E-state index in [1.165, 1.54) is 0 Å². The molecule has 3 rings (SSSR count). The van der Waals surface area contributed by atoms with Gasteiger partial charge in [0.25, 0.3) is 5.91 Å². The Balaban J connectivity index is 2.10. The van der Waals surface area contributed by atoms with E-state index < -0.39 is 5.91 Å². The first-order chi connectivity index (χ1) is 9.66. The lowest BCUT2D eigenvalue weighted by Crippen LogP contribution is -2.33. The van der Waals surface area contributed by atoms with Crippen LogP contribution in [0.2, 0.25) is 0 Å². The molecule has 0 saturated heterocycles. The standard InChI is InChI=1S/C15H13N3O2/c16-15(20)11-5-1-2-9-18(11)13-8-7-10-4-3-6-12(19)14(10)17-13/h1-8,19H,9H2,(H2,16,20). The van der Waals surface area contributed by atoms with Gasteiger partial charge in [0.1, 0.15) is 22.8 Å². The van der Waals surface area contributed by atoms with E-state index in [9.17, 15) is 9.90 Å². The lowest BCUT2D eigenvalue weighted by atomic mass is 10.2. The zero-order chi connectivity index (χ0) is 14.1. The largest absolute Gasteiger partial charge is 0.506 e. The Morgan fingerprint density at radius 1 is 1.30 bits per heavy atom. The van der Waals surface area contributed by atoms with Crippen molar-refractivity contribution in [1.82, 2.24) is 4.98 Å². The van der Waals surface area contributed by atoms with E-state index in [0.29, 0.717) is 23.6 Å². The second-order valence-electron chi connectivity index (χ2n) is 4.47. The van der Waals surface area contributed by atoms with Gasteiger partial charge in [-0.1, -0.05) is 24.3 Å². The first kappa shape index (κ1) is 12.2. The molecule has 3 N–H and O–H groups in total. The topological polar surface area (TPSA) is 79.5 Å². The Bertz CT molecular complexity index is 750. The highest BCUT2D eigenvalue weighted by Gasteiger charge is 2.19. The number of primary amides is 1. The summed E-state index contributed by atoms with van der Waals surface area (Å²) in [6.45, 7) is 0.515. The van der Waals surface area contributed by atoms with Gasteiger partial charge in [0.2, 0.25) is 0 Å². The molecule has 0 bridgehead atoms. The summed E-state index contributed by atoms with van der Waals surface area (Å²) in [6.07, 6.45) is 5.35. The van der Waals surface area contributed by atoms with E-state index in [4.69, 9.17) is 5.73 Å². The van der Waals surface area contributed by atoms with Crippen LogP contribution in [0.1, 0.15) is 0 Å². The molecule has 0 unspecified atom stereocenters. The van der Waals surface area contributed by atoms with Crippen molar-refractivity contribution in [2.45, 2.75) is 0 Å². The molecule has 100 valence electrons. The Labute approximate surface area is 115 Å². The van der Waals surface area contributed by atoms with Crippen molar-refractivity contribution in [2.75, 3.05) is 11.4 Å². The first-order valence-electron chi connectivity index (χ1n) is 6.20. The number of pyridine rings is 1. The van der Waals surface area contributed by atoms with Crippen LogP contribution in [0.4, 0.5) is 5.82 Å². The van der Waals surface area contributed by atoms with Gasteiger partial charge in [0, 0.05) is 11.9 Å². The fourth-order valence-electron chi connectivity index (χ4n) is 2.22. The maximum atomic E-state index is 11.5. The summed E-state index contributed by atoms with van der Waals surface area (Å²) in [5.41, 5.74) is 6.26. The smallest absolute Gasteiger partial charge is 0.265 e. The third-order valence-corrected chi connectivity index (χ3v) is 3.18. The predicted octanol–water partition coefficient (Wildman–Crippen LogP) is 1.69. The molecule has 0 atom stereocenters. The number of phenols is 1. The minimum Gasteiger partial charge on any atom is -0.506 e. The molecule has 1 aliphatic rings. The molecule has 0 fully saturated rings. The molecule has 20 heavy (non-hydrogen) atoms. The number of carbonyl (C=O) groups is 1. The van der Waals surface area contributed by atoms with Crippen LogP contribution in [-0.2, 0) is 4.79 Å². The van der Waals surface area contributed by atoms with Crippen molar-refractivity contribution in [3.05, 3.63) is 54.3 Å². The number of aromatic hydroxyl groups is 1. The van der Waals surface area contributed by atoms with Crippen molar-refractivity contribution in [2.24, 2.45) is 5.73 Å². The Hall–Kier alpha value is -2.82. The Morgan fingerprint density at radius 2 is 2.15 bits per heavy atom. The molecule has 0 aliphatic carbocycles. The zero-order valence-electron chi connectivity index (χ0n) is 10.7. The average Bonchev–Trinajstić information content (AvgIpc) is 2.47. The molecule has 1 aromatic carbocycles. The number of aromatic nitrogens is 1. The molecule has 0 saturated carbocycles. The van der Waals surface area contributed by atoms with Crippen molar-refractivity contribution in [3.63, 3.8) is 0 Å². The number of nitrogens with zero attached hydrogens (tertiary/aromatic N) is 2. The van der Waals surface area contributed by atoms with E-state index in [0.717, 1.165) is 5.39 Å². The van der Waals surface area contributed by atoms with E-state index in [1.807, 2.05) is 18.2 Å². The van der Waals surface area contributed by atoms with Crippen LogP contribution < -0.4 is 10.6 Å². The lowest BCUT2D eigenvalue weighted by molar-refractivity contribution is -0.114. The quantitative estimate of drug-likeness (QED) is 0.867. The van der Waals surface area contributed by atoms with Gasteiger partial charge < -0.3 is 15.7 Å². The van der Waals surface area contributed by atoms with Crippen molar-refractivity contribution < 1.29 is 9.90 Å². The van der Waals surface area contributed by atoms with Crippen LogP contribution in [0.15, 0.2) is 54.3 Å². The highest BCUT2D eigenvalue weighted by atomic mass is 16.3. The SMILES string of the molecule is NC(=O)C1=CC=CCN1c1ccc2cccc(O)c2n1. The summed E-state index contributed by atoms with van der Waals surface area (Å²) in [4.78, 5) is 17.6. The number of anilines is 1. The number of para-hydroxylation sites is 1. The summed E-state index contributed by atoms with van der Waals surface area (Å²) in [5, 5.41) is 10.7. The molecular formula is C15H13N3O2. The fourth-order valence-corrected chi connectivity index (χ4v) is 2.22. The summed E-state index contributed by atoms with van der Waals surface area (Å²) in [7, 11) is 0. The normalized spacial score (nSPS) is 14.4. The fraction of sp³-hybridized carbons (Fsp3) is 0.0667. The van der Waals surface area contributed by atoms with E-state index in [1.54, 1.807) is 35.3 Å². The second-order valence-corrected chi connectivity index (χ2v) is 4.47. The molecule has 1 aromatic heterocycles. The van der Waals surface area contributed by atoms with E-state index in [2.05, 4.69) is 4.98 Å². The van der Waals surface area contributed by atoms with Gasteiger partial charge >= 0.3 is 0 Å². The summed E-state index contributed by atoms with van der Waals surface area (Å²) >= 11 is 0. The number of rotatable bonds is 2. The predicted molar refractivity (Wildman–Crippen MR) is 77.2 cm³/mol. The third kappa shape index (κ3) is 1.99. The van der Waals surface area contributed by atoms with Crippen LogP contribution in [-0.4, -0.2) is 22.5 Å². The van der Waals surface area contributed by atoms with Crippen LogP contribution in [0.3, 0.4) is 0 Å². The monoisotopic (exact) mass is 267 g/mol. The average molecular weight is 267 g/mol. The molecule has 5 heteroatoms. The number of carbonyl (C=O) groups excluding carboxylic acids is 1. The van der Waals surface area contributed by atoms with Crippen molar-refractivity contribution >= 4 is 22.6 Å². The van der Waals surface area contributed by atoms with Gasteiger partial charge in [0.15, 0.2) is 0 Å². The summed E-state index contributed by atoms with van der Waals surface area (Å²) in [5.74, 6) is 0.184. The molecule has 2 aromatic rings. The molecule has 0 radical (unpaired) electrons. The molecule has 5 nitrogen and oxygen atoms in total. The second kappa shape index (κ2) is 4.70. The van der Waals surface area contributed by atoms with E-state index >= 15 is 0 Å². The van der Waals surface area contributed by atoms with Crippen LogP contribution in [0.25, 0.3) is 10.9 Å². The van der Waals surface area contributed by atoms with Crippen molar-refractivity contribution in [3.8, 4) is 5.75 Å². The van der Waals surface area contributed by atoms with Gasteiger partial charge in [-0.3, -0.25) is 4.79 Å². The highest BCUT2D eigenvalue weighted by Crippen LogP contribution is 2.27. The van der Waals surface area contributed by atoms with Crippen LogP contribution in [0.5, 0.6) is 5.75 Å². The minimum absolute atomic E-state index is 0.113. The number of nitrogens with two attached hydrogens (primary N) is 1. The molecule has 0 spiro atoms. The van der Waals surface area contributed by atoms with Crippen molar-refractivity contribution in [1.29, 1.82) is 0 Å². The van der Waals surface area contributed by atoms with Gasteiger partial charge in [-0.2, -0.15) is 0 Å². The highest BCUT2D eigenvalue weighted by molar-refractivity contribution is 5.97. The summed E-state index contributed by atoms with van der Waals surface area (Å²) in [6, 6.07) is 8.87. The van der Waals surface area contributed by atoms with Gasteiger partial charge in [-0.15, -0.1) is 0 Å². The maximum absolute atomic E-state index is 11.5. The maximum Gasteiger partial charge on any atom is 0.265 e. The number of hydrogen-bond acceptors (Lipinski definition) is 4. The molecule has 2 heterocycles. The number of hydrogen-bond donors (Lipinski definition) is 2. The molecular weight excluding hydrogens is 254 g/mol. The summed E-state index contributed by atoms with van der Waals surface area (Å²) < 4.78 is 0. The number of amides is 1. The number of benzene rings is 1. The van der Waals surface area contributed by atoms with Gasteiger partial charge in [0.05, 0.1) is 0 Å². The van der Waals surface area contributed by atoms with E-state index in [-0.39, 0.29) is 5.75 Å². The van der Waals surface area contributed by atoms with Gasteiger partial charge in [-0.05, 0) is 24.3 Å². The number of fused-ring (bicyclic) bond motifs is 1. The molecule has 1 amide bonds. The number of allylic oxidation sites excluding steroid dienone is 2. The minimum atomic E-state index is -0.506. The Morgan fingerprint density at radius 3 is 2.95 bits per heavy atom. The van der Waals surface area contributed by atoms with Crippen LogP contribution >= 0.6 is 0 Å². The molecule has 1 aliphatic heterocycles. The van der Waals surface area contributed by atoms with Crippen LogP contribution in [0, 0.1) is 0 Å². The zero-order valence-corrected chi connectivity index (χ0v) is 10.7. The first-order valence-corrected chi connectivity index (χ1v) is 6.20. The lowest BCUT2D eigenvalue weighted by Gasteiger charge is -2.25. The number of phenolic OH excluding ortho intramolecular Hbond substituents is 1. The third-order valence-electron chi connectivity index (χ3n) is 3.18.